The van der Waals surface area contributed by atoms with Crippen molar-refractivity contribution < 1.29 is 15.3 Å². The summed E-state index contributed by atoms with van der Waals surface area (Å²) in [6, 6.07) is 0. The van der Waals surface area contributed by atoms with E-state index in [2.05, 4.69) is 14.7 Å². The Morgan fingerprint density at radius 3 is 1.21 bits per heavy atom. The molecule has 1 fully saturated rings. The molecule has 19 heavy (non-hydrogen) atoms. The van der Waals surface area contributed by atoms with Gasteiger partial charge in [0, 0.05) is 65.5 Å². The molecule has 0 bridgehead atoms. The molecule has 0 radical (unpaired) electrons. The van der Waals surface area contributed by atoms with Crippen LogP contribution in [0.1, 0.15) is 6.42 Å². The van der Waals surface area contributed by atoms with Gasteiger partial charge in [-0.2, -0.15) is 0 Å². The second kappa shape index (κ2) is 10.5. The Labute approximate surface area is 116 Å². The molecule has 0 aromatic rings. The number of nitrogens with zero attached hydrogens (tertiary/aromatic N) is 3. The van der Waals surface area contributed by atoms with Crippen molar-refractivity contribution in [1.82, 2.24) is 14.7 Å². The molecule has 0 atom stereocenters. The van der Waals surface area contributed by atoms with Crippen LogP contribution in [-0.4, -0.2) is 109 Å². The van der Waals surface area contributed by atoms with Crippen molar-refractivity contribution in [2.75, 3.05) is 78.7 Å². The first-order chi connectivity index (χ1) is 9.30. The number of rotatable bonds is 7. The SMILES string of the molecule is OCCCN1CCN(CCO)CCN(CCO)CC1. The largest absolute Gasteiger partial charge is 0.396 e. The van der Waals surface area contributed by atoms with Gasteiger partial charge in [-0.15, -0.1) is 0 Å². The van der Waals surface area contributed by atoms with E-state index in [1.165, 1.54) is 0 Å². The van der Waals surface area contributed by atoms with Crippen LogP contribution in [0.2, 0.25) is 0 Å². The maximum atomic E-state index is 9.09. The molecule has 0 aliphatic carbocycles. The van der Waals surface area contributed by atoms with Crippen LogP contribution in [0.3, 0.4) is 0 Å². The van der Waals surface area contributed by atoms with Crippen molar-refractivity contribution in [3.8, 4) is 0 Å². The molecule has 3 N–H and O–H groups in total. The molecule has 0 unspecified atom stereocenters. The summed E-state index contributed by atoms with van der Waals surface area (Å²) in [5.74, 6) is 0. The summed E-state index contributed by atoms with van der Waals surface area (Å²) in [4.78, 5) is 6.89. The molecule has 114 valence electrons. The van der Waals surface area contributed by atoms with Gasteiger partial charge in [-0.25, -0.2) is 0 Å². The monoisotopic (exact) mass is 275 g/mol. The molecule has 0 aromatic heterocycles. The predicted molar refractivity (Wildman–Crippen MR) is 75.2 cm³/mol. The Hall–Kier alpha value is -0.240. The Morgan fingerprint density at radius 2 is 0.895 bits per heavy atom. The minimum absolute atomic E-state index is 0.191. The molecule has 1 aliphatic heterocycles. The maximum absolute atomic E-state index is 9.09. The van der Waals surface area contributed by atoms with Gasteiger partial charge in [0.25, 0.3) is 0 Å². The van der Waals surface area contributed by atoms with Crippen LogP contribution in [0.15, 0.2) is 0 Å². The van der Waals surface area contributed by atoms with Gasteiger partial charge in [-0.05, 0) is 6.42 Å². The van der Waals surface area contributed by atoms with E-state index in [0.29, 0.717) is 13.1 Å². The van der Waals surface area contributed by atoms with E-state index in [4.69, 9.17) is 15.3 Å². The van der Waals surface area contributed by atoms with Crippen LogP contribution in [0.25, 0.3) is 0 Å². The fourth-order valence-electron chi connectivity index (χ4n) is 2.43. The maximum Gasteiger partial charge on any atom is 0.0558 e. The zero-order valence-corrected chi connectivity index (χ0v) is 11.9. The zero-order chi connectivity index (χ0) is 13.9. The number of aliphatic hydroxyl groups excluding tert-OH is 3. The van der Waals surface area contributed by atoms with Gasteiger partial charge >= 0.3 is 0 Å². The topological polar surface area (TPSA) is 70.4 Å². The summed E-state index contributed by atoms with van der Waals surface area (Å²) >= 11 is 0. The summed E-state index contributed by atoms with van der Waals surface area (Å²) < 4.78 is 0. The standard InChI is InChI=1S/C13H29N3O3/c17-11-1-2-14-3-5-15(9-12-18)7-8-16(6-4-14)10-13-19/h17-19H,1-13H2. The van der Waals surface area contributed by atoms with Crippen molar-refractivity contribution in [2.45, 2.75) is 6.42 Å². The molecule has 6 heteroatoms. The van der Waals surface area contributed by atoms with Crippen LogP contribution < -0.4 is 0 Å². The molecule has 0 amide bonds. The number of aliphatic hydroxyl groups is 3. The molecule has 1 heterocycles. The average Bonchev–Trinajstić information content (AvgIpc) is 2.50. The molecule has 1 saturated heterocycles. The van der Waals surface area contributed by atoms with Gasteiger partial charge in [0.15, 0.2) is 0 Å². The van der Waals surface area contributed by atoms with Crippen molar-refractivity contribution in [3.05, 3.63) is 0 Å². The first kappa shape index (κ1) is 16.8. The normalized spacial score (nSPS) is 21.0. The molecule has 1 rings (SSSR count). The van der Waals surface area contributed by atoms with Crippen LogP contribution in [-0.2, 0) is 0 Å². The van der Waals surface area contributed by atoms with E-state index < -0.39 is 0 Å². The van der Waals surface area contributed by atoms with Crippen molar-refractivity contribution in [2.24, 2.45) is 0 Å². The highest BCUT2D eigenvalue weighted by atomic mass is 16.3. The van der Waals surface area contributed by atoms with Crippen LogP contribution in [0.4, 0.5) is 0 Å². The lowest BCUT2D eigenvalue weighted by atomic mass is 10.3. The Bertz CT molecular complexity index is 201. The lowest BCUT2D eigenvalue weighted by Gasteiger charge is -2.25. The molecular weight excluding hydrogens is 246 g/mol. The van der Waals surface area contributed by atoms with Crippen LogP contribution in [0, 0.1) is 0 Å². The highest BCUT2D eigenvalue weighted by Crippen LogP contribution is 2.01. The Balaban J connectivity index is 2.49. The average molecular weight is 275 g/mol. The summed E-state index contributed by atoms with van der Waals surface area (Å²) in [5, 5.41) is 27.1. The summed E-state index contributed by atoms with van der Waals surface area (Å²) in [7, 11) is 0. The predicted octanol–water partition coefficient (Wildman–Crippen LogP) is -1.73. The van der Waals surface area contributed by atoms with Gasteiger partial charge in [0.2, 0.25) is 0 Å². The third-order valence-corrected chi connectivity index (χ3v) is 3.66. The second-order valence-corrected chi connectivity index (χ2v) is 5.05. The minimum atomic E-state index is 0.191. The number of β-amino-alcohol motifs (C(OH)–C–C–N with tert-alkyl or cyclic N) is 2. The van der Waals surface area contributed by atoms with E-state index in [-0.39, 0.29) is 19.8 Å². The van der Waals surface area contributed by atoms with Gasteiger partial charge in [-0.1, -0.05) is 0 Å². The van der Waals surface area contributed by atoms with Crippen molar-refractivity contribution >= 4 is 0 Å². The molecular formula is C13H29N3O3. The number of hydrogen-bond acceptors (Lipinski definition) is 6. The first-order valence-electron chi connectivity index (χ1n) is 7.29. The van der Waals surface area contributed by atoms with Gasteiger partial charge in [-0.3, -0.25) is 9.80 Å². The zero-order valence-electron chi connectivity index (χ0n) is 11.9. The Kier molecular flexibility index (Phi) is 9.32. The minimum Gasteiger partial charge on any atom is -0.396 e. The fourth-order valence-corrected chi connectivity index (χ4v) is 2.43. The molecule has 1 aliphatic rings. The summed E-state index contributed by atoms with van der Waals surface area (Å²) in [5.41, 5.74) is 0. The molecule has 0 saturated carbocycles. The quantitative estimate of drug-likeness (QED) is 0.513. The third kappa shape index (κ3) is 7.20. The van der Waals surface area contributed by atoms with Crippen LogP contribution in [0.5, 0.6) is 0 Å². The van der Waals surface area contributed by atoms with Gasteiger partial charge in [0.05, 0.1) is 13.2 Å². The van der Waals surface area contributed by atoms with Gasteiger partial charge < -0.3 is 20.2 Å². The molecule has 0 aromatic carbocycles. The fraction of sp³-hybridized carbons (Fsp3) is 1.00. The second-order valence-electron chi connectivity index (χ2n) is 5.05. The Morgan fingerprint density at radius 1 is 0.526 bits per heavy atom. The summed E-state index contributed by atoms with van der Waals surface area (Å²) in [6.07, 6.45) is 0.806. The summed E-state index contributed by atoms with van der Waals surface area (Å²) in [6.45, 7) is 8.70. The van der Waals surface area contributed by atoms with Gasteiger partial charge in [0.1, 0.15) is 0 Å². The smallest absolute Gasteiger partial charge is 0.0558 e. The lowest BCUT2D eigenvalue weighted by molar-refractivity contribution is 0.161. The van der Waals surface area contributed by atoms with Crippen molar-refractivity contribution in [3.63, 3.8) is 0 Å². The highest BCUT2D eigenvalue weighted by molar-refractivity contribution is 4.71. The van der Waals surface area contributed by atoms with E-state index in [1.54, 1.807) is 0 Å². The number of hydrogen-bond donors (Lipinski definition) is 3. The lowest BCUT2D eigenvalue weighted by Crippen LogP contribution is -2.38. The first-order valence-corrected chi connectivity index (χ1v) is 7.29. The highest BCUT2D eigenvalue weighted by Gasteiger charge is 2.15. The molecule has 0 spiro atoms. The third-order valence-electron chi connectivity index (χ3n) is 3.66. The van der Waals surface area contributed by atoms with E-state index in [9.17, 15) is 0 Å². The van der Waals surface area contributed by atoms with E-state index in [0.717, 1.165) is 52.2 Å². The van der Waals surface area contributed by atoms with Crippen LogP contribution >= 0.6 is 0 Å². The van der Waals surface area contributed by atoms with E-state index >= 15 is 0 Å². The molecule has 6 nitrogen and oxygen atoms in total. The van der Waals surface area contributed by atoms with Crippen molar-refractivity contribution in [1.29, 1.82) is 0 Å². The van der Waals surface area contributed by atoms with E-state index in [1.807, 2.05) is 0 Å².